The number of anilines is 4. The van der Waals surface area contributed by atoms with Crippen LogP contribution in [0.2, 0.25) is 0 Å². The van der Waals surface area contributed by atoms with Crippen molar-refractivity contribution in [3.05, 3.63) is 60.4 Å². The molecule has 1 aliphatic heterocycles. The number of hydrogen-bond donors (Lipinski definition) is 3. The van der Waals surface area contributed by atoms with E-state index < -0.39 is 10.1 Å². The molecular weight excluding hydrogens is 522 g/mol. The summed E-state index contributed by atoms with van der Waals surface area (Å²) in [6, 6.07) is 18.7. The number of piperazine rings is 1. The van der Waals surface area contributed by atoms with E-state index in [-0.39, 0.29) is 6.04 Å². The van der Waals surface area contributed by atoms with Crippen LogP contribution >= 0.6 is 0 Å². The third-order valence-corrected chi connectivity index (χ3v) is 8.27. The Morgan fingerprint density at radius 2 is 1.90 bits per heavy atom. The van der Waals surface area contributed by atoms with Crippen molar-refractivity contribution in [1.29, 1.82) is 5.26 Å². The Bertz CT molecular complexity index is 1620. The maximum Gasteiger partial charge on any atom is 0.229 e. The number of nitriles is 1. The zero-order valence-electron chi connectivity index (χ0n) is 23.1. The second-order valence-electron chi connectivity index (χ2n) is 11.1. The van der Waals surface area contributed by atoms with Crippen molar-refractivity contribution in [2.75, 3.05) is 54.1 Å². The van der Waals surface area contributed by atoms with Gasteiger partial charge in [0.25, 0.3) is 0 Å². The van der Waals surface area contributed by atoms with E-state index in [1.807, 2.05) is 36.5 Å². The van der Waals surface area contributed by atoms with Gasteiger partial charge in [0.05, 0.1) is 12.5 Å². The van der Waals surface area contributed by atoms with Crippen LogP contribution in [0.4, 0.5) is 23.1 Å². The molecule has 4 heterocycles. The molecule has 0 amide bonds. The molecule has 208 valence electrons. The number of nitrogens with zero attached hydrogens (tertiary/aromatic N) is 7. The molecule has 2 fully saturated rings. The molecule has 11 heteroatoms. The van der Waals surface area contributed by atoms with Gasteiger partial charge in [-0.3, -0.25) is 13.7 Å². The minimum Gasteiger partial charge on any atom is -0.369 e. The summed E-state index contributed by atoms with van der Waals surface area (Å²) in [4.78, 5) is 18.9. The topological polar surface area (TPSA) is 115 Å². The Kier molecular flexibility index (Phi) is 6.90. The Morgan fingerprint density at radius 1 is 1.10 bits per heavy atom. The van der Waals surface area contributed by atoms with Crippen molar-refractivity contribution < 1.29 is 4.21 Å². The fourth-order valence-corrected chi connectivity index (χ4v) is 5.94. The summed E-state index contributed by atoms with van der Waals surface area (Å²) < 4.78 is 17.5. The number of hydrogen-bond acceptors (Lipinski definition) is 8. The summed E-state index contributed by atoms with van der Waals surface area (Å²) >= 11 is 0. The Morgan fingerprint density at radius 3 is 2.62 bits per heavy atom. The summed E-state index contributed by atoms with van der Waals surface area (Å²) in [5.74, 6) is 2.31. The van der Waals surface area contributed by atoms with Crippen molar-refractivity contribution in [3.8, 4) is 11.9 Å². The summed E-state index contributed by atoms with van der Waals surface area (Å²) in [5.41, 5.74) is 4.01. The van der Waals surface area contributed by atoms with Crippen LogP contribution in [0, 0.1) is 11.3 Å². The van der Waals surface area contributed by atoms with Crippen molar-refractivity contribution in [3.63, 3.8) is 0 Å². The van der Waals surface area contributed by atoms with Gasteiger partial charge in [-0.2, -0.15) is 10.2 Å². The van der Waals surface area contributed by atoms with Crippen molar-refractivity contribution in [2.45, 2.75) is 31.2 Å². The molecular formula is C29H35N9OS. The maximum absolute atomic E-state index is 12.4. The maximum atomic E-state index is 12.4. The first-order chi connectivity index (χ1) is 19.3. The monoisotopic (exact) mass is 557 g/mol. The van der Waals surface area contributed by atoms with E-state index in [0.717, 1.165) is 60.7 Å². The largest absolute Gasteiger partial charge is 0.369 e. The molecule has 4 aromatic rings. The molecule has 40 heavy (non-hydrogen) atoms. The highest BCUT2D eigenvalue weighted by Gasteiger charge is 2.29. The molecule has 10 nitrogen and oxygen atoms in total. The number of aromatic nitrogens is 4. The third kappa shape index (κ3) is 5.64. The highest BCUT2D eigenvalue weighted by molar-refractivity contribution is 8.02. The molecule has 1 saturated heterocycles. The van der Waals surface area contributed by atoms with E-state index in [9.17, 15) is 4.21 Å². The van der Waals surface area contributed by atoms with E-state index in [0.29, 0.717) is 24.1 Å². The lowest BCUT2D eigenvalue weighted by Gasteiger charge is -2.39. The standard InChI is InChI=1S/C29H35N9OS/c1-36-15-16-37(19-24(36)13-14-30)23-11-9-22(10-12-23)32-29-31-18-21-17-25(20-7-8-20)38(28(21)34-29)27-6-4-5-26(33-27)35-40(2,3)39/h4-6,9-12,17-18,20,24,40H,7-8,13,15-16,19H2,1-3H3,(H,31,32,34)(H,33,35,39). The highest BCUT2D eigenvalue weighted by atomic mass is 32.3. The van der Waals surface area contributed by atoms with Crippen LogP contribution in [0.25, 0.3) is 16.9 Å². The molecule has 0 radical (unpaired) electrons. The van der Waals surface area contributed by atoms with E-state index in [1.54, 1.807) is 12.5 Å². The molecule has 1 aromatic carbocycles. The average Bonchev–Trinajstić information content (AvgIpc) is 3.70. The number of likely N-dealkylation sites (N-methyl/N-ethyl adjacent to an activating group) is 1. The van der Waals surface area contributed by atoms with Gasteiger partial charge in [-0.25, -0.2) is 9.97 Å². The molecule has 2 aliphatic rings. The Labute approximate surface area is 235 Å². The second kappa shape index (κ2) is 10.5. The average molecular weight is 558 g/mol. The summed E-state index contributed by atoms with van der Waals surface area (Å²) in [6.07, 6.45) is 8.05. The van der Waals surface area contributed by atoms with E-state index in [4.69, 9.17) is 15.2 Å². The molecule has 2 N–H and O–H groups in total. The van der Waals surface area contributed by atoms with Crippen LogP contribution in [0.1, 0.15) is 30.9 Å². The fraction of sp³-hybridized carbons (Fsp3) is 0.379. The SMILES string of the molecule is CN1CCN(c2ccc(Nc3ncc4cc(C5CC5)n(-c5cccc(N[SH](C)(C)=O)n5)c4n3)cc2)CC1CC#N. The summed E-state index contributed by atoms with van der Waals surface area (Å²) in [6.45, 7) is 2.71. The summed E-state index contributed by atoms with van der Waals surface area (Å²) in [5, 5.41) is 13.5. The van der Waals surface area contributed by atoms with Gasteiger partial charge >= 0.3 is 0 Å². The predicted octanol–water partition coefficient (Wildman–Crippen LogP) is 4.07. The number of thiol groups is 1. The number of pyridine rings is 1. The smallest absolute Gasteiger partial charge is 0.229 e. The molecule has 1 atom stereocenters. The predicted molar refractivity (Wildman–Crippen MR) is 162 cm³/mol. The molecule has 0 spiro atoms. The molecule has 0 bridgehead atoms. The van der Waals surface area contributed by atoms with Gasteiger partial charge < -0.3 is 14.9 Å². The van der Waals surface area contributed by atoms with Gasteiger partial charge in [-0.05, 0) is 78.4 Å². The van der Waals surface area contributed by atoms with Crippen molar-refractivity contribution in [2.24, 2.45) is 0 Å². The number of rotatable bonds is 8. The van der Waals surface area contributed by atoms with E-state index >= 15 is 0 Å². The van der Waals surface area contributed by atoms with Crippen LogP contribution < -0.4 is 14.9 Å². The van der Waals surface area contributed by atoms with Crippen LogP contribution in [0.3, 0.4) is 0 Å². The lowest BCUT2D eigenvalue weighted by atomic mass is 10.1. The van der Waals surface area contributed by atoms with Crippen molar-refractivity contribution in [1.82, 2.24) is 24.4 Å². The van der Waals surface area contributed by atoms with Crippen LogP contribution in [0.5, 0.6) is 0 Å². The molecule has 6 rings (SSSR count). The second-order valence-corrected chi connectivity index (χ2v) is 14.0. The third-order valence-electron chi connectivity index (χ3n) is 7.50. The first kappa shape index (κ1) is 26.2. The molecule has 1 unspecified atom stereocenters. The van der Waals surface area contributed by atoms with Crippen molar-refractivity contribution >= 4 is 44.3 Å². The van der Waals surface area contributed by atoms with Crippen LogP contribution in [-0.2, 0) is 10.1 Å². The number of benzene rings is 1. The first-order valence-corrected chi connectivity index (χ1v) is 16.3. The van der Waals surface area contributed by atoms with Crippen LogP contribution in [0.15, 0.2) is 54.7 Å². The van der Waals surface area contributed by atoms with Gasteiger partial charge in [0.1, 0.15) is 11.6 Å². The minimum absolute atomic E-state index is 0.243. The van der Waals surface area contributed by atoms with Gasteiger partial charge in [-0.1, -0.05) is 6.07 Å². The van der Waals surface area contributed by atoms with Gasteiger partial charge in [0.15, 0.2) is 5.65 Å². The number of fused-ring (bicyclic) bond motifs is 1. The Balaban J connectivity index is 1.26. The number of nitrogens with one attached hydrogen (secondary N) is 2. The molecule has 1 aliphatic carbocycles. The Hall–Kier alpha value is -4.01. The highest BCUT2D eigenvalue weighted by Crippen LogP contribution is 2.43. The van der Waals surface area contributed by atoms with E-state index in [2.05, 4.69) is 60.7 Å². The first-order valence-electron chi connectivity index (χ1n) is 13.7. The van der Waals surface area contributed by atoms with Gasteiger partial charge in [0.2, 0.25) is 5.95 Å². The molecule has 3 aromatic heterocycles. The summed E-state index contributed by atoms with van der Waals surface area (Å²) in [7, 11) is -0.406. The fourth-order valence-electron chi connectivity index (χ4n) is 5.27. The zero-order chi connectivity index (χ0) is 27.9. The van der Waals surface area contributed by atoms with Crippen LogP contribution in [-0.4, -0.2) is 73.9 Å². The normalized spacial score (nSPS) is 18.4. The van der Waals surface area contributed by atoms with E-state index in [1.165, 1.54) is 5.69 Å². The van der Waals surface area contributed by atoms with Gasteiger partial charge in [-0.15, -0.1) is 0 Å². The zero-order valence-corrected chi connectivity index (χ0v) is 24.0. The lowest BCUT2D eigenvalue weighted by Crippen LogP contribution is -2.51. The van der Waals surface area contributed by atoms with Gasteiger partial charge in [0, 0.05) is 66.8 Å². The minimum atomic E-state index is -2.50. The lowest BCUT2D eigenvalue weighted by molar-refractivity contribution is 0.221. The molecule has 1 saturated carbocycles. The quantitative estimate of drug-likeness (QED) is 0.278.